The van der Waals surface area contributed by atoms with Crippen molar-refractivity contribution >= 4 is 53.0 Å². The summed E-state index contributed by atoms with van der Waals surface area (Å²) in [4.78, 5) is 51.4. The summed E-state index contributed by atoms with van der Waals surface area (Å²) in [6, 6.07) is 2.07. The molecule has 3 N–H and O–H groups in total. The molecular formula is C20H29Cl3N6O8S2. The Hall–Kier alpha value is -1.95. The first-order chi connectivity index (χ1) is 18.0. The van der Waals surface area contributed by atoms with Gasteiger partial charge in [-0.2, -0.15) is 0 Å². The summed E-state index contributed by atoms with van der Waals surface area (Å²) in [5.41, 5.74) is -1.77. The summed E-state index contributed by atoms with van der Waals surface area (Å²) in [7, 11) is -1.91. The van der Waals surface area contributed by atoms with E-state index >= 15 is 0 Å². The number of piperidine rings is 2. The average Bonchev–Trinajstić information content (AvgIpc) is 2.78. The van der Waals surface area contributed by atoms with E-state index in [9.17, 15) is 36.0 Å². The van der Waals surface area contributed by atoms with Crippen molar-refractivity contribution in [3.05, 3.63) is 64.1 Å². The molecule has 0 amide bonds. The molecule has 0 radical (unpaired) electrons. The summed E-state index contributed by atoms with van der Waals surface area (Å²) in [6.07, 6.45) is 4.52. The first-order valence-corrected chi connectivity index (χ1v) is 16.9. The van der Waals surface area contributed by atoms with Gasteiger partial charge in [0.2, 0.25) is 19.1 Å². The Morgan fingerprint density at radius 3 is 1.44 bits per heavy atom. The van der Waals surface area contributed by atoms with Crippen LogP contribution in [-0.4, -0.2) is 78.9 Å². The van der Waals surface area contributed by atoms with Gasteiger partial charge in [0, 0.05) is 48.0 Å². The number of sulfonamides is 1. The van der Waals surface area contributed by atoms with Crippen molar-refractivity contribution in [2.75, 3.05) is 38.7 Å². The molecule has 0 saturated carbocycles. The van der Waals surface area contributed by atoms with E-state index in [4.69, 9.17) is 23.2 Å². The number of nitrogens with zero attached hydrogens (tertiary/aromatic N) is 3. The molecule has 39 heavy (non-hydrogen) atoms. The molecule has 4 heterocycles. The zero-order valence-corrected chi connectivity index (χ0v) is 24.9. The van der Waals surface area contributed by atoms with Gasteiger partial charge in [-0.15, -0.1) is 0 Å². The molecule has 0 bridgehead atoms. The zero-order chi connectivity index (χ0) is 29.5. The lowest BCUT2D eigenvalue weighted by Gasteiger charge is -2.30. The van der Waals surface area contributed by atoms with Crippen molar-refractivity contribution in [2.45, 2.75) is 37.8 Å². The number of aromatic amines is 2. The molecule has 19 heteroatoms. The third-order valence-electron chi connectivity index (χ3n) is 5.80. The Labute approximate surface area is 238 Å². The van der Waals surface area contributed by atoms with E-state index in [1.54, 1.807) is 0 Å². The molecule has 0 spiro atoms. The van der Waals surface area contributed by atoms with Crippen LogP contribution in [-0.2, 0) is 19.1 Å². The molecular weight excluding hydrogens is 623 g/mol. The van der Waals surface area contributed by atoms with E-state index in [0.29, 0.717) is 25.9 Å². The molecule has 14 nitrogen and oxygen atoms in total. The minimum absolute atomic E-state index is 0.000165. The maximum absolute atomic E-state index is 11.8. The topological polar surface area (TPSA) is 193 Å². The minimum Gasteiger partial charge on any atom is -0.317 e. The maximum Gasteiger partial charge on any atom is 0.329 e. The molecule has 2 aliphatic rings. The summed E-state index contributed by atoms with van der Waals surface area (Å²) in [5, 5.41) is 3.27. The molecule has 0 unspecified atom stereocenters. The van der Waals surface area contributed by atoms with Gasteiger partial charge in [-0.05, 0) is 38.8 Å². The van der Waals surface area contributed by atoms with E-state index in [1.165, 1.54) is 14.9 Å². The number of hydrogen-bond donors (Lipinski definition) is 3. The van der Waals surface area contributed by atoms with Crippen molar-refractivity contribution in [1.29, 1.82) is 0 Å². The van der Waals surface area contributed by atoms with Gasteiger partial charge in [-0.3, -0.25) is 28.7 Å². The second-order valence-electron chi connectivity index (χ2n) is 8.82. The van der Waals surface area contributed by atoms with Gasteiger partial charge in [0.25, 0.3) is 11.1 Å². The SMILES string of the molecule is CS(=O)(=O)Cl.CS(=O)(=O)N1CCC(n2c(=O)cc(Cl)[nH]c2=O)CC1.O=c1cc(Cl)[nH]c(=O)n1C1CCNCC1. The van der Waals surface area contributed by atoms with Gasteiger partial charge >= 0.3 is 11.4 Å². The lowest BCUT2D eigenvalue weighted by atomic mass is 10.1. The van der Waals surface area contributed by atoms with Crippen LogP contribution in [0.15, 0.2) is 31.3 Å². The van der Waals surface area contributed by atoms with Crippen LogP contribution in [0.1, 0.15) is 37.8 Å². The van der Waals surface area contributed by atoms with Gasteiger partial charge in [0.1, 0.15) is 10.3 Å². The van der Waals surface area contributed by atoms with Gasteiger partial charge in [0.05, 0.1) is 12.5 Å². The van der Waals surface area contributed by atoms with E-state index in [-0.39, 0.29) is 27.9 Å². The average molecular weight is 652 g/mol. The Balaban J connectivity index is 0.000000238. The highest BCUT2D eigenvalue weighted by atomic mass is 35.7. The van der Waals surface area contributed by atoms with Crippen LogP contribution in [0.25, 0.3) is 0 Å². The second-order valence-corrected chi connectivity index (χ2v) is 14.7. The summed E-state index contributed by atoms with van der Waals surface area (Å²) < 4.78 is 45.3. The first kappa shape index (κ1) is 33.3. The monoisotopic (exact) mass is 650 g/mol. The predicted octanol–water partition coefficient (Wildman–Crippen LogP) is 0.0858. The third kappa shape index (κ3) is 10.9. The van der Waals surface area contributed by atoms with Crippen molar-refractivity contribution in [1.82, 2.24) is 28.7 Å². The Bertz CT molecular complexity index is 1520. The molecule has 0 aromatic carbocycles. The van der Waals surface area contributed by atoms with Crippen LogP contribution < -0.4 is 27.8 Å². The van der Waals surface area contributed by atoms with Crippen LogP contribution in [0.4, 0.5) is 0 Å². The molecule has 2 saturated heterocycles. The summed E-state index contributed by atoms with van der Waals surface area (Å²) >= 11 is 11.2. The van der Waals surface area contributed by atoms with Crippen LogP contribution in [0, 0.1) is 0 Å². The Morgan fingerprint density at radius 1 is 0.744 bits per heavy atom. The van der Waals surface area contributed by atoms with E-state index in [1.807, 2.05) is 0 Å². The van der Waals surface area contributed by atoms with Gasteiger partial charge < -0.3 is 5.32 Å². The fourth-order valence-electron chi connectivity index (χ4n) is 4.14. The fraction of sp³-hybridized carbons (Fsp3) is 0.600. The standard InChI is InChI=1S/C10H14ClN3O4S.C9H12ClN3O2.CH3ClO2S/c1-19(17,18)13-4-2-7(3-5-13)14-9(15)6-8(11)12-10(14)16;10-7-5-8(14)13(9(15)12-7)6-1-3-11-4-2-6;1-5(2,3)4/h6-7H,2-5H2,1H3,(H,12,16);5-6,11H,1-4H2,(H,12,15);1H3. The van der Waals surface area contributed by atoms with E-state index in [0.717, 1.165) is 49.1 Å². The molecule has 0 atom stereocenters. The van der Waals surface area contributed by atoms with Crippen LogP contribution >= 0.6 is 33.9 Å². The smallest absolute Gasteiger partial charge is 0.317 e. The maximum atomic E-state index is 11.8. The molecule has 0 aliphatic carbocycles. The van der Waals surface area contributed by atoms with E-state index < -0.39 is 36.0 Å². The van der Waals surface area contributed by atoms with Crippen molar-refractivity contribution < 1.29 is 16.8 Å². The van der Waals surface area contributed by atoms with Crippen LogP contribution in [0.3, 0.4) is 0 Å². The number of nitrogens with one attached hydrogen (secondary N) is 3. The number of rotatable bonds is 3. The quantitative estimate of drug-likeness (QED) is 0.305. The number of H-pyrrole nitrogens is 2. The third-order valence-corrected chi connectivity index (χ3v) is 7.51. The second kappa shape index (κ2) is 14.1. The minimum atomic E-state index is -3.22. The molecule has 2 aromatic rings. The van der Waals surface area contributed by atoms with Crippen LogP contribution in [0.2, 0.25) is 10.3 Å². The molecule has 220 valence electrons. The zero-order valence-electron chi connectivity index (χ0n) is 21.0. The largest absolute Gasteiger partial charge is 0.329 e. The Morgan fingerprint density at radius 2 is 1.10 bits per heavy atom. The van der Waals surface area contributed by atoms with Gasteiger partial charge in [-0.1, -0.05) is 23.2 Å². The normalized spacial score (nSPS) is 17.5. The fourth-order valence-corrected chi connectivity index (χ4v) is 5.36. The number of halogens is 3. The highest BCUT2D eigenvalue weighted by Crippen LogP contribution is 2.21. The molecule has 2 aliphatic heterocycles. The van der Waals surface area contributed by atoms with E-state index in [2.05, 4.69) is 26.0 Å². The molecule has 2 aromatic heterocycles. The van der Waals surface area contributed by atoms with Crippen LogP contribution in [0.5, 0.6) is 0 Å². The lowest BCUT2D eigenvalue weighted by Crippen LogP contribution is -2.44. The highest BCUT2D eigenvalue weighted by Gasteiger charge is 2.27. The Kier molecular flexibility index (Phi) is 12.0. The molecule has 4 rings (SSSR count). The van der Waals surface area contributed by atoms with Crippen molar-refractivity contribution in [3.8, 4) is 0 Å². The highest BCUT2D eigenvalue weighted by molar-refractivity contribution is 8.13. The number of aromatic nitrogens is 4. The van der Waals surface area contributed by atoms with Crippen molar-refractivity contribution in [3.63, 3.8) is 0 Å². The molecule has 2 fully saturated rings. The van der Waals surface area contributed by atoms with Gasteiger partial charge in [0.15, 0.2) is 0 Å². The van der Waals surface area contributed by atoms with Crippen molar-refractivity contribution in [2.24, 2.45) is 0 Å². The summed E-state index contributed by atoms with van der Waals surface area (Å²) in [5.74, 6) is 0. The summed E-state index contributed by atoms with van der Waals surface area (Å²) in [6.45, 7) is 2.27. The number of hydrogen-bond acceptors (Lipinski definition) is 9. The van der Waals surface area contributed by atoms with Gasteiger partial charge in [-0.25, -0.2) is 30.7 Å². The lowest BCUT2D eigenvalue weighted by molar-refractivity contribution is 0.266. The predicted molar refractivity (Wildman–Crippen MR) is 149 cm³/mol. The first-order valence-electron chi connectivity index (χ1n) is 11.6.